The summed E-state index contributed by atoms with van der Waals surface area (Å²) in [5, 5.41) is 22.4. The minimum Gasteiger partial charge on any atom is -0.299 e. The van der Waals surface area contributed by atoms with Crippen LogP contribution in [0.1, 0.15) is 11.1 Å². The molecule has 3 rings (SSSR count). The Labute approximate surface area is 167 Å². The first-order valence-electron chi connectivity index (χ1n) is 7.44. The second-order valence-corrected chi connectivity index (χ2v) is 7.11. The van der Waals surface area contributed by atoms with E-state index in [1.165, 1.54) is 24.4 Å². The van der Waals surface area contributed by atoms with Crippen molar-refractivity contribution >= 4 is 64.0 Å². The van der Waals surface area contributed by atoms with E-state index in [-0.39, 0.29) is 16.6 Å². The van der Waals surface area contributed by atoms with Gasteiger partial charge in [-0.3, -0.25) is 20.2 Å². The largest absolute Gasteiger partial charge is 0.299 e. The van der Waals surface area contributed by atoms with Crippen molar-refractivity contribution in [1.29, 1.82) is 0 Å². The summed E-state index contributed by atoms with van der Waals surface area (Å²) in [5.41, 5.74) is 1.06. The molecule has 136 valence electrons. The number of nitro groups is 1. The van der Waals surface area contributed by atoms with Gasteiger partial charge >= 0.3 is 0 Å². The Hall–Kier alpha value is -2.68. The molecule has 7 nitrogen and oxygen atoms in total. The van der Waals surface area contributed by atoms with Gasteiger partial charge in [0, 0.05) is 11.1 Å². The van der Waals surface area contributed by atoms with Gasteiger partial charge in [-0.2, -0.15) is 5.10 Å². The molecule has 0 aliphatic carbocycles. The smallest absolute Gasteiger partial charge is 0.288 e. The molecule has 0 bridgehead atoms. The van der Waals surface area contributed by atoms with E-state index in [2.05, 4.69) is 15.5 Å². The van der Waals surface area contributed by atoms with Crippen LogP contribution in [0.2, 0.25) is 10.0 Å². The molecule has 1 aliphatic heterocycles. The monoisotopic (exact) mass is 420 g/mol. The lowest BCUT2D eigenvalue weighted by Crippen LogP contribution is -2.19. The van der Waals surface area contributed by atoms with Gasteiger partial charge in [0.25, 0.3) is 11.6 Å². The molecule has 0 aromatic heterocycles. The Morgan fingerprint density at radius 1 is 1.11 bits per heavy atom. The number of hydrogen-bond acceptors (Lipinski definition) is 6. The number of halogens is 2. The maximum atomic E-state index is 12.0. The standard InChI is InChI=1S/C17H10Cl2N4O3S/c18-12-4-1-10(2-5-12)9-20-22-17-21-16(24)15(27-17)8-11-3-6-13(19)14(7-11)23(25)26/h1-9H,(H,21,22,24). The van der Waals surface area contributed by atoms with Crippen molar-refractivity contribution in [3.63, 3.8) is 0 Å². The molecule has 0 spiro atoms. The van der Waals surface area contributed by atoms with E-state index in [1.807, 2.05) is 0 Å². The van der Waals surface area contributed by atoms with E-state index in [9.17, 15) is 14.9 Å². The molecule has 2 aromatic carbocycles. The molecular weight excluding hydrogens is 411 g/mol. The zero-order valence-corrected chi connectivity index (χ0v) is 15.8. The van der Waals surface area contributed by atoms with Gasteiger partial charge in [0.2, 0.25) is 0 Å². The molecule has 1 amide bonds. The molecule has 1 heterocycles. The summed E-state index contributed by atoms with van der Waals surface area (Å²) in [6.07, 6.45) is 3.05. The topological polar surface area (TPSA) is 97.0 Å². The molecule has 1 aliphatic rings. The number of benzene rings is 2. The lowest BCUT2D eigenvalue weighted by molar-refractivity contribution is -0.384. The summed E-state index contributed by atoms with van der Waals surface area (Å²) in [6.45, 7) is 0. The maximum absolute atomic E-state index is 12.0. The number of carbonyl (C=O) groups is 1. The number of amidine groups is 1. The van der Waals surface area contributed by atoms with Crippen molar-refractivity contribution in [2.75, 3.05) is 0 Å². The zero-order valence-electron chi connectivity index (χ0n) is 13.4. The number of nitrogens with zero attached hydrogens (tertiary/aromatic N) is 3. The Balaban J connectivity index is 1.75. The summed E-state index contributed by atoms with van der Waals surface area (Å²) < 4.78 is 0. The van der Waals surface area contributed by atoms with Gasteiger partial charge in [0.15, 0.2) is 5.17 Å². The van der Waals surface area contributed by atoms with Crippen LogP contribution in [0, 0.1) is 10.1 Å². The lowest BCUT2D eigenvalue weighted by atomic mass is 10.2. The number of amides is 1. The third-order valence-electron chi connectivity index (χ3n) is 3.34. The van der Waals surface area contributed by atoms with Gasteiger partial charge < -0.3 is 0 Å². The molecule has 0 unspecified atom stereocenters. The van der Waals surface area contributed by atoms with Crippen molar-refractivity contribution in [3.05, 3.63) is 78.7 Å². The molecule has 1 saturated heterocycles. The molecule has 27 heavy (non-hydrogen) atoms. The van der Waals surface area contributed by atoms with Crippen LogP contribution in [0.3, 0.4) is 0 Å². The number of nitro benzene ring substituents is 1. The first-order valence-corrected chi connectivity index (χ1v) is 9.01. The van der Waals surface area contributed by atoms with Crippen LogP contribution in [0.4, 0.5) is 5.69 Å². The van der Waals surface area contributed by atoms with Crippen LogP contribution in [-0.2, 0) is 4.79 Å². The van der Waals surface area contributed by atoms with Crippen molar-refractivity contribution in [2.45, 2.75) is 0 Å². The molecule has 1 N–H and O–H groups in total. The molecule has 1 fully saturated rings. The summed E-state index contributed by atoms with van der Waals surface area (Å²) in [5.74, 6) is -0.363. The average Bonchev–Trinajstić information content (AvgIpc) is 2.97. The fraction of sp³-hybridized carbons (Fsp3) is 0. The second kappa shape index (κ2) is 8.34. The lowest BCUT2D eigenvalue weighted by Gasteiger charge is -1.98. The van der Waals surface area contributed by atoms with Crippen LogP contribution < -0.4 is 5.32 Å². The quantitative estimate of drug-likeness (QED) is 0.340. The molecule has 2 aromatic rings. The van der Waals surface area contributed by atoms with Gasteiger partial charge in [-0.15, -0.1) is 5.10 Å². The summed E-state index contributed by atoms with van der Waals surface area (Å²) in [7, 11) is 0. The fourth-order valence-corrected chi connectivity index (χ4v) is 3.17. The first kappa shape index (κ1) is 19.1. The SMILES string of the molecule is O=C1N/C(=N\N=Cc2ccc(Cl)cc2)SC1=Cc1ccc(Cl)c([N+](=O)[O-])c1. The van der Waals surface area contributed by atoms with E-state index in [0.717, 1.165) is 17.3 Å². The van der Waals surface area contributed by atoms with E-state index >= 15 is 0 Å². The van der Waals surface area contributed by atoms with Crippen molar-refractivity contribution in [3.8, 4) is 0 Å². The number of rotatable bonds is 4. The summed E-state index contributed by atoms with van der Waals surface area (Å²) >= 11 is 12.7. The number of hydrogen-bond donors (Lipinski definition) is 1. The Morgan fingerprint density at radius 3 is 2.52 bits per heavy atom. The first-order chi connectivity index (χ1) is 12.9. The minimum absolute atomic E-state index is 0.0319. The Kier molecular flexibility index (Phi) is 5.90. The molecule has 0 atom stereocenters. The summed E-state index contributed by atoms with van der Waals surface area (Å²) in [6, 6.07) is 11.3. The van der Waals surface area contributed by atoms with Gasteiger partial charge in [-0.25, -0.2) is 0 Å². The average molecular weight is 421 g/mol. The predicted molar refractivity (Wildman–Crippen MR) is 108 cm³/mol. The Morgan fingerprint density at radius 2 is 1.81 bits per heavy atom. The third kappa shape index (κ3) is 4.94. The normalized spacial score (nSPS) is 17.0. The highest BCUT2D eigenvalue weighted by atomic mass is 35.5. The van der Waals surface area contributed by atoms with E-state index in [0.29, 0.717) is 20.7 Å². The van der Waals surface area contributed by atoms with E-state index in [1.54, 1.807) is 30.3 Å². The second-order valence-electron chi connectivity index (χ2n) is 5.23. The number of carbonyl (C=O) groups excluding carboxylic acids is 1. The molecule has 0 radical (unpaired) electrons. The van der Waals surface area contributed by atoms with Gasteiger partial charge in [-0.05, 0) is 47.2 Å². The highest BCUT2D eigenvalue weighted by Gasteiger charge is 2.24. The van der Waals surface area contributed by atoms with Crippen molar-refractivity contribution in [1.82, 2.24) is 5.32 Å². The van der Waals surface area contributed by atoms with Crippen LogP contribution in [-0.4, -0.2) is 22.2 Å². The van der Waals surface area contributed by atoms with Crippen LogP contribution >= 0.6 is 35.0 Å². The Bertz CT molecular complexity index is 1000. The van der Waals surface area contributed by atoms with Crippen LogP contribution in [0.15, 0.2) is 57.6 Å². The maximum Gasteiger partial charge on any atom is 0.288 e. The number of nitrogens with one attached hydrogen (secondary N) is 1. The molecule has 10 heteroatoms. The van der Waals surface area contributed by atoms with Crippen LogP contribution in [0.25, 0.3) is 6.08 Å². The molecule has 0 saturated carbocycles. The highest BCUT2D eigenvalue weighted by molar-refractivity contribution is 8.18. The van der Waals surface area contributed by atoms with Crippen molar-refractivity contribution in [2.24, 2.45) is 10.2 Å². The van der Waals surface area contributed by atoms with Crippen molar-refractivity contribution < 1.29 is 9.72 Å². The highest BCUT2D eigenvalue weighted by Crippen LogP contribution is 2.29. The molecular formula is C17H10Cl2N4O3S. The van der Waals surface area contributed by atoms with Gasteiger partial charge in [0.1, 0.15) is 5.02 Å². The van der Waals surface area contributed by atoms with E-state index < -0.39 is 4.92 Å². The fourth-order valence-electron chi connectivity index (χ4n) is 2.08. The third-order valence-corrected chi connectivity index (χ3v) is 4.81. The van der Waals surface area contributed by atoms with E-state index in [4.69, 9.17) is 23.2 Å². The minimum atomic E-state index is -0.579. The van der Waals surface area contributed by atoms with Gasteiger partial charge in [0.05, 0.1) is 16.0 Å². The van der Waals surface area contributed by atoms with Crippen LogP contribution in [0.5, 0.6) is 0 Å². The predicted octanol–water partition coefficient (Wildman–Crippen LogP) is 4.50. The number of thioether (sulfide) groups is 1. The summed E-state index contributed by atoms with van der Waals surface area (Å²) in [4.78, 5) is 22.8. The zero-order chi connectivity index (χ0) is 19.4. The van der Waals surface area contributed by atoms with Gasteiger partial charge in [-0.1, -0.05) is 41.4 Å².